The number of allylic oxidation sites excluding steroid dienone is 10. The Morgan fingerprint density at radius 1 is 0.593 bits per heavy atom. The smallest absolute Gasteiger partial charge is 0.457 e. The van der Waals surface area contributed by atoms with Gasteiger partial charge in [-0.1, -0.05) is 145 Å². The lowest BCUT2D eigenvalue weighted by atomic mass is 10.1. The van der Waals surface area contributed by atoms with E-state index in [1.54, 1.807) is 0 Å². The number of aliphatic hydroxyl groups is 2. The predicted molar refractivity (Wildman–Crippen MR) is 223 cm³/mol. The molecule has 0 bridgehead atoms. The topological polar surface area (TPSA) is 132 Å². The van der Waals surface area contributed by atoms with E-state index in [4.69, 9.17) is 23.6 Å². The van der Waals surface area contributed by atoms with Crippen LogP contribution < -0.4 is 0 Å². The molecule has 0 saturated carbocycles. The average molecular weight is 783 g/mol. The van der Waals surface area contributed by atoms with E-state index in [9.17, 15) is 19.4 Å². The molecule has 0 amide bonds. The van der Waals surface area contributed by atoms with Crippen LogP contribution in [0.15, 0.2) is 60.8 Å². The molecule has 3 unspecified atom stereocenters. The maximum atomic E-state index is 12.6. The van der Waals surface area contributed by atoms with Gasteiger partial charge in [0, 0.05) is 13.0 Å². The Morgan fingerprint density at radius 2 is 1.06 bits per heavy atom. The van der Waals surface area contributed by atoms with Crippen molar-refractivity contribution in [1.82, 2.24) is 0 Å². The van der Waals surface area contributed by atoms with Crippen LogP contribution in [0.4, 0.5) is 0 Å². The fourth-order valence-corrected chi connectivity index (χ4v) is 6.25. The number of carbonyl (C=O) groups excluding carboxylic acids is 1. The van der Waals surface area contributed by atoms with Crippen molar-refractivity contribution < 1.29 is 43.0 Å². The minimum atomic E-state index is -4.52. The van der Waals surface area contributed by atoms with Crippen LogP contribution in [0.2, 0.25) is 0 Å². The predicted octanol–water partition coefficient (Wildman–Crippen LogP) is 11.6. The van der Waals surface area contributed by atoms with Crippen LogP contribution in [0.1, 0.15) is 168 Å². The van der Waals surface area contributed by atoms with Crippen LogP contribution in [0.25, 0.3) is 0 Å². The van der Waals surface area contributed by atoms with Gasteiger partial charge in [-0.25, -0.2) is 4.57 Å². The van der Waals surface area contributed by atoms with Crippen molar-refractivity contribution in [1.29, 1.82) is 0 Å². The fraction of sp³-hybridized carbons (Fsp3) is 0.750. The summed E-state index contributed by atoms with van der Waals surface area (Å²) < 4.78 is 33.3. The van der Waals surface area contributed by atoms with E-state index < -0.39 is 39.2 Å². The number of phosphoric ester groups is 1. The first-order valence-corrected chi connectivity index (χ1v) is 22.8. The zero-order valence-electron chi connectivity index (χ0n) is 34.2. The Morgan fingerprint density at radius 3 is 1.59 bits per heavy atom. The summed E-state index contributed by atoms with van der Waals surface area (Å²) in [5, 5.41) is 18.3. The fourth-order valence-electron chi connectivity index (χ4n) is 5.46. The normalized spacial score (nSPS) is 14.7. The van der Waals surface area contributed by atoms with Crippen LogP contribution in [-0.4, -0.2) is 66.3 Å². The SMILES string of the molecule is CC/C=C\C/C=C\C/C=C\CCCCCCCCOCC(COP(=O)(O)OCC(O)CO)OC(=O)CCCCCCCCC/C=C\C/C=C\CCCCC. The third kappa shape index (κ3) is 39.8. The molecule has 0 aromatic rings. The molecule has 0 aliphatic rings. The van der Waals surface area contributed by atoms with Crippen molar-refractivity contribution in [3.63, 3.8) is 0 Å². The highest BCUT2D eigenvalue weighted by Crippen LogP contribution is 2.43. The molecule has 0 radical (unpaired) electrons. The van der Waals surface area contributed by atoms with E-state index in [2.05, 4.69) is 74.6 Å². The molecule has 0 fully saturated rings. The van der Waals surface area contributed by atoms with Gasteiger partial charge in [0.15, 0.2) is 0 Å². The van der Waals surface area contributed by atoms with E-state index in [0.29, 0.717) is 13.0 Å². The van der Waals surface area contributed by atoms with Crippen LogP contribution in [0.3, 0.4) is 0 Å². The van der Waals surface area contributed by atoms with Crippen molar-refractivity contribution >= 4 is 13.8 Å². The molecule has 3 atom stereocenters. The molecular formula is C44H79O9P. The first kappa shape index (κ1) is 52.2. The average Bonchev–Trinajstić information content (AvgIpc) is 3.16. The second kappa shape index (κ2) is 40.8. The third-order valence-corrected chi connectivity index (χ3v) is 9.64. The molecule has 0 aromatic carbocycles. The first-order valence-electron chi connectivity index (χ1n) is 21.3. The summed E-state index contributed by atoms with van der Waals surface area (Å²) in [6.07, 6.45) is 46.0. The number of hydrogen-bond acceptors (Lipinski definition) is 8. The summed E-state index contributed by atoms with van der Waals surface area (Å²) >= 11 is 0. The van der Waals surface area contributed by atoms with Crippen LogP contribution in [0, 0.1) is 0 Å². The number of esters is 1. The number of hydrogen-bond donors (Lipinski definition) is 3. The Labute approximate surface area is 330 Å². The minimum absolute atomic E-state index is 0.0346. The summed E-state index contributed by atoms with van der Waals surface area (Å²) in [4.78, 5) is 22.6. The number of unbranched alkanes of at least 4 members (excludes halogenated alkanes) is 16. The monoisotopic (exact) mass is 783 g/mol. The van der Waals surface area contributed by atoms with Crippen LogP contribution >= 0.6 is 7.82 Å². The molecule has 0 heterocycles. The quantitative estimate of drug-likeness (QED) is 0.0240. The van der Waals surface area contributed by atoms with E-state index >= 15 is 0 Å². The summed E-state index contributed by atoms with van der Waals surface area (Å²) in [6.45, 7) is 3.33. The van der Waals surface area contributed by atoms with Crippen molar-refractivity contribution in [2.75, 3.05) is 33.0 Å². The van der Waals surface area contributed by atoms with Crippen LogP contribution in [0.5, 0.6) is 0 Å². The lowest BCUT2D eigenvalue weighted by Crippen LogP contribution is -2.29. The van der Waals surface area contributed by atoms with Gasteiger partial charge in [0.25, 0.3) is 0 Å². The maximum absolute atomic E-state index is 12.6. The standard InChI is InChI=1S/C44H79O9P/c1-3-5-7-9-11-13-15-17-19-21-22-24-26-28-30-32-34-36-44(47)53-43(41-52-54(48,49)51-39-42(46)38-45)40-50-37-35-33-31-29-27-25-23-20-18-16-14-12-10-8-6-4-2/h6,8,11-14,17-20,42-43,45-46H,3-5,7,9-10,15-16,21-41H2,1-2H3,(H,48,49)/b8-6-,13-11-,14-12-,19-17-,20-18-. The Kier molecular flexibility index (Phi) is 39.4. The molecule has 0 aromatic heterocycles. The summed E-state index contributed by atoms with van der Waals surface area (Å²) in [5.41, 5.74) is 0. The highest BCUT2D eigenvalue weighted by Gasteiger charge is 2.26. The number of phosphoric acid groups is 1. The van der Waals surface area contributed by atoms with Crippen molar-refractivity contribution in [2.24, 2.45) is 0 Å². The van der Waals surface area contributed by atoms with Crippen LogP contribution in [-0.2, 0) is 27.9 Å². The van der Waals surface area contributed by atoms with Gasteiger partial charge in [0.05, 0.1) is 26.4 Å². The van der Waals surface area contributed by atoms with E-state index in [-0.39, 0.29) is 19.6 Å². The summed E-state index contributed by atoms with van der Waals surface area (Å²) in [6, 6.07) is 0. The largest absolute Gasteiger partial charge is 0.472 e. The van der Waals surface area contributed by atoms with E-state index in [1.165, 1.54) is 64.2 Å². The molecule has 0 aliphatic carbocycles. The van der Waals surface area contributed by atoms with Crippen molar-refractivity contribution in [3.8, 4) is 0 Å². The maximum Gasteiger partial charge on any atom is 0.472 e. The van der Waals surface area contributed by atoms with Gasteiger partial charge in [-0.05, 0) is 77.0 Å². The van der Waals surface area contributed by atoms with Gasteiger partial charge in [-0.3, -0.25) is 13.8 Å². The molecule has 314 valence electrons. The summed E-state index contributed by atoms with van der Waals surface area (Å²) in [5.74, 6) is -0.398. The summed E-state index contributed by atoms with van der Waals surface area (Å²) in [7, 11) is -4.52. The zero-order valence-corrected chi connectivity index (χ0v) is 35.1. The second-order valence-electron chi connectivity index (χ2n) is 14.0. The first-order chi connectivity index (χ1) is 26.3. The highest BCUT2D eigenvalue weighted by atomic mass is 31.2. The number of rotatable bonds is 40. The van der Waals surface area contributed by atoms with Gasteiger partial charge in [-0.2, -0.15) is 0 Å². The molecular weight excluding hydrogens is 703 g/mol. The Hall–Kier alpha value is -1.84. The molecule has 3 N–H and O–H groups in total. The van der Waals surface area contributed by atoms with Gasteiger partial charge in [0.2, 0.25) is 0 Å². The number of ether oxygens (including phenoxy) is 2. The van der Waals surface area contributed by atoms with E-state index in [0.717, 1.165) is 77.0 Å². The van der Waals surface area contributed by atoms with Gasteiger partial charge in [-0.15, -0.1) is 0 Å². The van der Waals surface area contributed by atoms with Crippen molar-refractivity contribution in [3.05, 3.63) is 60.8 Å². The lowest BCUT2D eigenvalue weighted by Gasteiger charge is -2.20. The molecule has 0 aliphatic heterocycles. The van der Waals surface area contributed by atoms with Crippen molar-refractivity contribution in [2.45, 2.75) is 180 Å². The molecule has 0 spiro atoms. The second-order valence-corrected chi connectivity index (χ2v) is 15.4. The molecule has 0 saturated heterocycles. The Bertz CT molecular complexity index is 1020. The molecule has 54 heavy (non-hydrogen) atoms. The van der Waals surface area contributed by atoms with Gasteiger partial charge >= 0.3 is 13.8 Å². The Balaban J connectivity index is 4.23. The van der Waals surface area contributed by atoms with Gasteiger partial charge < -0.3 is 24.6 Å². The zero-order chi connectivity index (χ0) is 39.6. The van der Waals surface area contributed by atoms with Gasteiger partial charge in [0.1, 0.15) is 12.2 Å². The lowest BCUT2D eigenvalue weighted by molar-refractivity contribution is -0.154. The molecule has 9 nitrogen and oxygen atoms in total. The highest BCUT2D eigenvalue weighted by molar-refractivity contribution is 7.47. The minimum Gasteiger partial charge on any atom is -0.457 e. The van der Waals surface area contributed by atoms with E-state index in [1.807, 2.05) is 0 Å². The number of carbonyl (C=O) groups is 1. The third-order valence-electron chi connectivity index (χ3n) is 8.69. The number of aliphatic hydroxyl groups excluding tert-OH is 2. The molecule has 0 rings (SSSR count). The molecule has 10 heteroatoms.